The molecule has 0 aromatic carbocycles. The van der Waals surface area contributed by atoms with Gasteiger partial charge in [0.25, 0.3) is 0 Å². The predicted octanol–water partition coefficient (Wildman–Crippen LogP) is 2.23. The number of carbonyl (C=O) groups excluding carboxylic acids is 1. The molecule has 0 fully saturated rings. The van der Waals surface area contributed by atoms with Gasteiger partial charge in [-0.2, -0.15) is 26.9 Å². The first-order chi connectivity index (χ1) is 9.78. The standard InChI is InChI=1S/C11H13F3N2O5S/c1-10(2,3)20-9(17)16-5-4-8(7(16)6-15)21-22(18,19)11(12,13)14/h4-5H2,1-3H3. The Hall–Kier alpha value is -1.96. The van der Waals surface area contributed by atoms with Crippen LogP contribution in [0.25, 0.3) is 0 Å². The smallest absolute Gasteiger partial charge is 0.443 e. The van der Waals surface area contributed by atoms with Crippen molar-refractivity contribution < 1.29 is 35.3 Å². The molecule has 1 rings (SSSR count). The number of carbonyl (C=O) groups is 1. The van der Waals surface area contributed by atoms with Crippen molar-refractivity contribution in [2.75, 3.05) is 6.54 Å². The predicted molar refractivity (Wildman–Crippen MR) is 66.3 cm³/mol. The molecule has 0 N–H and O–H groups in total. The third-order valence-electron chi connectivity index (χ3n) is 2.31. The quantitative estimate of drug-likeness (QED) is 0.564. The Labute approximate surface area is 125 Å². The van der Waals surface area contributed by atoms with E-state index in [4.69, 9.17) is 10.00 Å². The molecule has 0 aromatic heterocycles. The summed E-state index contributed by atoms with van der Waals surface area (Å²) in [5.74, 6) is -0.745. The van der Waals surface area contributed by atoms with E-state index in [0.717, 1.165) is 4.90 Å². The van der Waals surface area contributed by atoms with E-state index in [9.17, 15) is 26.4 Å². The van der Waals surface area contributed by atoms with Crippen LogP contribution in [0.1, 0.15) is 27.2 Å². The van der Waals surface area contributed by atoms with Crippen LogP contribution in [0.5, 0.6) is 0 Å². The zero-order chi connectivity index (χ0) is 17.3. The maximum atomic E-state index is 12.3. The van der Waals surface area contributed by atoms with Crippen LogP contribution in [0.3, 0.4) is 0 Å². The molecule has 0 atom stereocenters. The van der Waals surface area contributed by atoms with Gasteiger partial charge < -0.3 is 8.92 Å². The fraction of sp³-hybridized carbons (Fsp3) is 0.636. The van der Waals surface area contributed by atoms with Gasteiger partial charge in [0.05, 0.1) is 0 Å². The zero-order valence-electron chi connectivity index (χ0n) is 11.9. The van der Waals surface area contributed by atoms with Crippen molar-refractivity contribution in [1.29, 1.82) is 5.26 Å². The molecule has 0 unspecified atom stereocenters. The van der Waals surface area contributed by atoms with Gasteiger partial charge in [-0.05, 0) is 20.8 Å². The van der Waals surface area contributed by atoms with Crippen LogP contribution in [0.15, 0.2) is 11.5 Å². The van der Waals surface area contributed by atoms with E-state index in [1.165, 1.54) is 6.07 Å². The summed E-state index contributed by atoms with van der Waals surface area (Å²) in [6.07, 6.45) is -1.33. The number of alkyl halides is 3. The monoisotopic (exact) mass is 342 g/mol. The van der Waals surface area contributed by atoms with Gasteiger partial charge in [-0.3, -0.25) is 4.90 Å². The fourth-order valence-corrected chi connectivity index (χ4v) is 2.00. The minimum atomic E-state index is -5.90. The summed E-state index contributed by atoms with van der Waals surface area (Å²) in [7, 11) is -5.90. The van der Waals surface area contributed by atoms with Crippen molar-refractivity contribution in [3.05, 3.63) is 11.5 Å². The van der Waals surface area contributed by atoms with E-state index in [0.29, 0.717) is 0 Å². The summed E-state index contributed by atoms with van der Waals surface area (Å²) in [5, 5.41) is 8.94. The normalized spacial score (nSPS) is 16.5. The maximum absolute atomic E-state index is 12.3. The lowest BCUT2D eigenvalue weighted by Crippen LogP contribution is -2.34. The molecule has 0 aliphatic carbocycles. The molecule has 1 aliphatic heterocycles. The van der Waals surface area contributed by atoms with Gasteiger partial charge in [-0.25, -0.2) is 4.79 Å². The number of allylic oxidation sites excluding steroid dienone is 1. The van der Waals surface area contributed by atoms with Crippen molar-refractivity contribution in [3.8, 4) is 6.07 Å². The second kappa shape index (κ2) is 5.68. The van der Waals surface area contributed by atoms with Gasteiger partial charge >= 0.3 is 21.7 Å². The topological polar surface area (TPSA) is 96.7 Å². The van der Waals surface area contributed by atoms with E-state index >= 15 is 0 Å². The van der Waals surface area contributed by atoms with Gasteiger partial charge in [0.1, 0.15) is 11.7 Å². The van der Waals surface area contributed by atoms with Crippen molar-refractivity contribution in [2.24, 2.45) is 0 Å². The molecule has 124 valence electrons. The number of halogens is 3. The highest BCUT2D eigenvalue weighted by Gasteiger charge is 2.50. The third-order valence-corrected chi connectivity index (χ3v) is 3.30. The molecule has 11 heteroatoms. The molecule has 1 aliphatic rings. The highest BCUT2D eigenvalue weighted by atomic mass is 32.2. The molecule has 1 amide bonds. The Morgan fingerprint density at radius 3 is 2.27 bits per heavy atom. The van der Waals surface area contributed by atoms with Crippen LogP contribution in [-0.4, -0.2) is 37.1 Å². The Morgan fingerprint density at radius 1 is 1.32 bits per heavy atom. The van der Waals surface area contributed by atoms with Crippen LogP contribution in [0, 0.1) is 11.3 Å². The van der Waals surface area contributed by atoms with Crippen molar-refractivity contribution >= 4 is 16.2 Å². The summed E-state index contributed by atoms with van der Waals surface area (Å²) >= 11 is 0. The van der Waals surface area contributed by atoms with Crippen LogP contribution >= 0.6 is 0 Å². The number of hydrogen-bond donors (Lipinski definition) is 0. The zero-order valence-corrected chi connectivity index (χ0v) is 12.7. The van der Waals surface area contributed by atoms with E-state index < -0.39 is 38.8 Å². The van der Waals surface area contributed by atoms with Gasteiger partial charge in [0, 0.05) is 13.0 Å². The maximum Gasteiger partial charge on any atom is 0.534 e. The lowest BCUT2D eigenvalue weighted by Gasteiger charge is -2.24. The first kappa shape index (κ1) is 18.1. The molecule has 1 heterocycles. The second-order valence-electron chi connectivity index (χ2n) is 5.25. The molecule has 0 bridgehead atoms. The molecule has 0 spiro atoms. The summed E-state index contributed by atoms with van der Waals surface area (Å²) in [6, 6.07) is 1.45. The molecular formula is C11H13F3N2O5S. The van der Waals surface area contributed by atoms with E-state index in [1.54, 1.807) is 20.8 Å². The SMILES string of the molecule is CC(C)(C)OC(=O)N1CCC(OS(=O)(=O)C(F)(F)F)=C1C#N. The first-order valence-corrected chi connectivity index (χ1v) is 7.34. The number of hydrogen-bond acceptors (Lipinski definition) is 6. The molecular weight excluding hydrogens is 329 g/mol. The van der Waals surface area contributed by atoms with Crippen LogP contribution < -0.4 is 0 Å². The Bertz CT molecular complexity index is 640. The minimum absolute atomic E-state index is 0.222. The minimum Gasteiger partial charge on any atom is -0.443 e. The summed E-state index contributed by atoms with van der Waals surface area (Å²) in [4.78, 5) is 12.6. The van der Waals surface area contributed by atoms with Gasteiger partial charge in [0.15, 0.2) is 11.5 Å². The van der Waals surface area contributed by atoms with Crippen LogP contribution in [-0.2, 0) is 19.0 Å². The molecule has 7 nitrogen and oxygen atoms in total. The Morgan fingerprint density at radius 2 is 1.86 bits per heavy atom. The van der Waals surface area contributed by atoms with Crippen molar-refractivity contribution in [2.45, 2.75) is 38.3 Å². The number of nitrogens with zero attached hydrogens (tertiary/aromatic N) is 2. The van der Waals surface area contributed by atoms with E-state index in [-0.39, 0.29) is 13.0 Å². The number of ether oxygens (including phenoxy) is 1. The third kappa shape index (κ3) is 4.03. The van der Waals surface area contributed by atoms with Gasteiger partial charge in [-0.1, -0.05) is 0 Å². The number of nitriles is 1. The number of rotatable bonds is 2. The number of amides is 1. The highest BCUT2D eigenvalue weighted by molar-refractivity contribution is 7.87. The molecule has 0 aromatic rings. The van der Waals surface area contributed by atoms with Crippen molar-refractivity contribution in [1.82, 2.24) is 4.90 Å². The lowest BCUT2D eigenvalue weighted by atomic mass is 10.2. The first-order valence-electron chi connectivity index (χ1n) is 5.93. The Kier molecular flexibility index (Phi) is 4.67. The second-order valence-corrected chi connectivity index (χ2v) is 6.79. The molecule has 0 saturated carbocycles. The van der Waals surface area contributed by atoms with Crippen molar-refractivity contribution in [3.63, 3.8) is 0 Å². The highest BCUT2D eigenvalue weighted by Crippen LogP contribution is 2.32. The molecule has 0 radical (unpaired) electrons. The molecule has 0 saturated heterocycles. The summed E-state index contributed by atoms with van der Waals surface area (Å²) in [6.45, 7) is 4.45. The van der Waals surface area contributed by atoms with Gasteiger partial charge in [-0.15, -0.1) is 0 Å². The Balaban J connectivity index is 3.05. The van der Waals surface area contributed by atoms with Crippen LogP contribution in [0.4, 0.5) is 18.0 Å². The van der Waals surface area contributed by atoms with E-state index in [2.05, 4.69) is 4.18 Å². The summed E-state index contributed by atoms with van der Waals surface area (Å²) in [5.41, 5.74) is -7.14. The lowest BCUT2D eigenvalue weighted by molar-refractivity contribution is -0.0523. The van der Waals surface area contributed by atoms with Gasteiger partial charge in [0.2, 0.25) is 0 Å². The molecule has 22 heavy (non-hydrogen) atoms. The average molecular weight is 342 g/mol. The largest absolute Gasteiger partial charge is 0.534 e. The fourth-order valence-electron chi connectivity index (χ4n) is 1.48. The van der Waals surface area contributed by atoms with E-state index in [1.807, 2.05) is 0 Å². The van der Waals surface area contributed by atoms with Crippen LogP contribution in [0.2, 0.25) is 0 Å². The summed E-state index contributed by atoms with van der Waals surface area (Å²) < 4.78 is 67.6. The average Bonchev–Trinajstić information content (AvgIpc) is 2.67.